The van der Waals surface area contributed by atoms with Gasteiger partial charge in [-0.2, -0.15) is 0 Å². The maximum atomic E-state index is 14.0. The minimum atomic E-state index is -0.710. The summed E-state index contributed by atoms with van der Waals surface area (Å²) in [6.07, 6.45) is 1.95. The van der Waals surface area contributed by atoms with Gasteiger partial charge in [-0.25, -0.2) is 4.68 Å². The van der Waals surface area contributed by atoms with Crippen molar-refractivity contribution >= 4 is 28.6 Å². The number of aromatic amines is 1. The second kappa shape index (κ2) is 9.93. The number of carbonyl (C=O) groups is 3. The molecule has 0 saturated carbocycles. The number of aliphatic hydroxyl groups excluding tert-OH is 1. The summed E-state index contributed by atoms with van der Waals surface area (Å²) in [6, 6.07) is 12.3. The minimum Gasteiger partial charge on any atom is -0.454 e. The number of H-pyrrole nitrogens is 1. The molecule has 0 aliphatic carbocycles. The zero-order valence-electron chi connectivity index (χ0n) is 21.9. The SMILES string of the molecule is O=C(Cn1cc(CN2CC(=O)N3[C@H](c4ccc5c(c4)OCO5)c4[nH]c5ccccc5c4C[C@@H]3C2=O)nn1)NCCO. The largest absolute Gasteiger partial charge is 0.454 e. The summed E-state index contributed by atoms with van der Waals surface area (Å²) in [4.78, 5) is 46.5. The lowest BCUT2D eigenvalue weighted by Gasteiger charge is -2.47. The molecule has 5 heterocycles. The van der Waals surface area contributed by atoms with Crippen LogP contribution >= 0.6 is 0 Å². The average Bonchev–Trinajstić information content (AvgIpc) is 3.71. The topological polar surface area (TPSA) is 155 Å². The van der Waals surface area contributed by atoms with Gasteiger partial charge in [0.2, 0.25) is 24.5 Å². The second-order valence-electron chi connectivity index (χ2n) is 10.3. The molecule has 0 bridgehead atoms. The predicted molar refractivity (Wildman–Crippen MR) is 143 cm³/mol. The van der Waals surface area contributed by atoms with Gasteiger partial charge < -0.3 is 34.7 Å². The van der Waals surface area contributed by atoms with Crippen molar-refractivity contribution < 1.29 is 29.0 Å². The Balaban J connectivity index is 1.20. The molecule has 41 heavy (non-hydrogen) atoms. The highest BCUT2D eigenvalue weighted by Gasteiger charge is 2.48. The van der Waals surface area contributed by atoms with Crippen molar-refractivity contribution in [3.63, 3.8) is 0 Å². The Bertz CT molecular complexity index is 1680. The Morgan fingerprint density at radius 3 is 2.88 bits per heavy atom. The molecule has 13 heteroatoms. The van der Waals surface area contributed by atoms with Gasteiger partial charge in [-0.1, -0.05) is 29.5 Å². The van der Waals surface area contributed by atoms with Gasteiger partial charge >= 0.3 is 0 Å². The number of benzene rings is 2. The summed E-state index contributed by atoms with van der Waals surface area (Å²) in [7, 11) is 0. The monoisotopic (exact) mass is 557 g/mol. The third-order valence-corrected chi connectivity index (χ3v) is 7.73. The Morgan fingerprint density at radius 1 is 1.15 bits per heavy atom. The van der Waals surface area contributed by atoms with Crippen LogP contribution in [-0.4, -0.2) is 85.1 Å². The third-order valence-electron chi connectivity index (χ3n) is 7.73. The minimum absolute atomic E-state index is 0.0726. The van der Waals surface area contributed by atoms with Crippen molar-refractivity contribution in [3.8, 4) is 11.5 Å². The number of amides is 3. The maximum absolute atomic E-state index is 14.0. The van der Waals surface area contributed by atoms with Gasteiger partial charge in [-0.05, 0) is 29.3 Å². The second-order valence-corrected chi connectivity index (χ2v) is 10.3. The molecular weight excluding hydrogens is 530 g/mol. The maximum Gasteiger partial charge on any atom is 0.246 e. The lowest BCUT2D eigenvalue weighted by Crippen LogP contribution is -2.62. The van der Waals surface area contributed by atoms with E-state index in [0.29, 0.717) is 23.6 Å². The smallest absolute Gasteiger partial charge is 0.246 e. The van der Waals surface area contributed by atoms with Gasteiger partial charge in [0.05, 0.1) is 25.4 Å². The summed E-state index contributed by atoms with van der Waals surface area (Å²) in [5, 5.41) is 20.5. The molecule has 1 saturated heterocycles. The number of nitrogens with zero attached hydrogens (tertiary/aromatic N) is 5. The van der Waals surface area contributed by atoms with Crippen LogP contribution in [0, 0.1) is 0 Å². The highest BCUT2D eigenvalue weighted by molar-refractivity contribution is 5.97. The lowest BCUT2D eigenvalue weighted by molar-refractivity contribution is -0.159. The highest BCUT2D eigenvalue weighted by atomic mass is 16.7. The van der Waals surface area contributed by atoms with Crippen LogP contribution in [0.1, 0.15) is 28.6 Å². The zero-order valence-corrected chi connectivity index (χ0v) is 21.9. The van der Waals surface area contributed by atoms with Crippen LogP contribution in [0.3, 0.4) is 0 Å². The molecule has 3 aliphatic heterocycles. The number of ether oxygens (including phenoxy) is 2. The number of nitrogens with one attached hydrogen (secondary N) is 2. The average molecular weight is 558 g/mol. The molecule has 0 radical (unpaired) electrons. The van der Waals surface area contributed by atoms with Crippen molar-refractivity contribution in [3.05, 3.63) is 71.2 Å². The van der Waals surface area contributed by atoms with E-state index in [-0.39, 0.29) is 57.3 Å². The van der Waals surface area contributed by atoms with Crippen LogP contribution in [0.2, 0.25) is 0 Å². The summed E-state index contributed by atoms with van der Waals surface area (Å²) in [6.45, 7) is 0.0221. The fourth-order valence-electron chi connectivity index (χ4n) is 5.97. The third kappa shape index (κ3) is 4.34. The van der Waals surface area contributed by atoms with E-state index in [1.165, 1.54) is 9.58 Å². The van der Waals surface area contributed by atoms with Gasteiger partial charge in [-0.15, -0.1) is 5.10 Å². The van der Waals surface area contributed by atoms with Gasteiger partial charge in [0.1, 0.15) is 24.8 Å². The van der Waals surface area contributed by atoms with Crippen LogP contribution in [0.5, 0.6) is 11.5 Å². The molecule has 2 aromatic heterocycles. The first-order valence-corrected chi connectivity index (χ1v) is 13.4. The molecule has 3 N–H and O–H groups in total. The number of hydrogen-bond acceptors (Lipinski definition) is 8. The lowest BCUT2D eigenvalue weighted by atomic mass is 9.86. The highest BCUT2D eigenvalue weighted by Crippen LogP contribution is 2.45. The molecule has 13 nitrogen and oxygen atoms in total. The van der Waals surface area contributed by atoms with Gasteiger partial charge in [-0.3, -0.25) is 14.4 Å². The van der Waals surface area contributed by atoms with Crippen molar-refractivity contribution in [2.75, 3.05) is 26.5 Å². The van der Waals surface area contributed by atoms with Gasteiger partial charge in [0.15, 0.2) is 11.5 Å². The summed E-state index contributed by atoms with van der Waals surface area (Å²) in [5.74, 6) is 0.567. The van der Waals surface area contributed by atoms with E-state index in [0.717, 1.165) is 27.7 Å². The molecule has 0 spiro atoms. The molecule has 3 aliphatic rings. The first kappa shape index (κ1) is 25.1. The van der Waals surface area contributed by atoms with Crippen LogP contribution in [0.25, 0.3) is 10.9 Å². The van der Waals surface area contributed by atoms with Crippen molar-refractivity contribution in [2.24, 2.45) is 0 Å². The van der Waals surface area contributed by atoms with Gasteiger partial charge in [0.25, 0.3) is 0 Å². The van der Waals surface area contributed by atoms with Crippen LogP contribution in [-0.2, 0) is 33.9 Å². The van der Waals surface area contributed by atoms with E-state index in [4.69, 9.17) is 14.6 Å². The summed E-state index contributed by atoms with van der Waals surface area (Å²) in [5.41, 5.74) is 4.12. The normalized spacial score (nSPS) is 19.4. The summed E-state index contributed by atoms with van der Waals surface area (Å²) >= 11 is 0. The van der Waals surface area contributed by atoms with Crippen LogP contribution < -0.4 is 14.8 Å². The van der Waals surface area contributed by atoms with Crippen molar-refractivity contribution in [1.29, 1.82) is 0 Å². The predicted octanol–water partition coefficient (Wildman–Crippen LogP) is 0.482. The molecular formula is C28H27N7O6. The number of hydrogen-bond donors (Lipinski definition) is 3. The molecule has 2 atom stereocenters. The number of fused-ring (bicyclic) bond motifs is 5. The Morgan fingerprint density at radius 2 is 2.00 bits per heavy atom. The van der Waals surface area contributed by atoms with E-state index in [2.05, 4.69) is 20.6 Å². The first-order chi connectivity index (χ1) is 20.0. The van der Waals surface area contributed by atoms with E-state index in [9.17, 15) is 14.4 Å². The van der Waals surface area contributed by atoms with Crippen molar-refractivity contribution in [1.82, 2.24) is 35.1 Å². The Labute approximate surface area is 233 Å². The van der Waals surface area contributed by atoms with Crippen LogP contribution in [0.4, 0.5) is 0 Å². The number of piperazine rings is 1. The fraction of sp³-hybridized carbons (Fsp3) is 0.321. The van der Waals surface area contributed by atoms with Crippen molar-refractivity contribution in [2.45, 2.75) is 31.6 Å². The Kier molecular flexibility index (Phi) is 6.07. The fourth-order valence-corrected chi connectivity index (χ4v) is 5.97. The number of aromatic nitrogens is 4. The zero-order chi connectivity index (χ0) is 28.1. The molecule has 0 unspecified atom stereocenters. The summed E-state index contributed by atoms with van der Waals surface area (Å²) < 4.78 is 12.5. The quantitative estimate of drug-likeness (QED) is 0.297. The Hall–Kier alpha value is -4.91. The molecule has 2 aromatic carbocycles. The molecule has 210 valence electrons. The number of aliphatic hydroxyl groups is 1. The molecule has 3 amide bonds. The number of carbonyl (C=O) groups excluding carboxylic acids is 3. The number of rotatable bonds is 7. The standard InChI is InChI=1S/C28H27N7O6/c36-8-7-29-24(37)13-34-12-17(31-32-34)11-33-14-25(38)35-21(28(33)39)10-19-18-3-1-2-4-20(18)30-26(19)27(35)16-5-6-22-23(9-16)41-15-40-22/h1-6,9,12,21,27,30,36H,7-8,10-11,13-15H2,(H,29,37)/t21-,27-/m1/s1. The molecule has 1 fully saturated rings. The van der Waals surface area contributed by atoms with E-state index in [1.54, 1.807) is 11.1 Å². The first-order valence-electron chi connectivity index (χ1n) is 13.4. The van der Waals surface area contributed by atoms with E-state index < -0.39 is 12.1 Å². The molecule has 4 aromatic rings. The number of para-hydroxylation sites is 1. The van der Waals surface area contributed by atoms with Gasteiger partial charge in [0, 0.05) is 29.6 Å². The van der Waals surface area contributed by atoms with Crippen LogP contribution in [0.15, 0.2) is 48.7 Å². The van der Waals surface area contributed by atoms with E-state index in [1.807, 2.05) is 42.5 Å². The molecule has 7 rings (SSSR count). The van der Waals surface area contributed by atoms with E-state index >= 15 is 0 Å².